The van der Waals surface area contributed by atoms with Gasteiger partial charge in [-0.3, -0.25) is 0 Å². The van der Waals surface area contributed by atoms with Crippen LogP contribution in [0.15, 0.2) is 28.8 Å². The largest absolute Gasteiger partial charge is 0.388 e. The Morgan fingerprint density at radius 1 is 1.27 bits per heavy atom. The molecule has 2 rings (SSSR count). The van der Waals surface area contributed by atoms with E-state index in [1.165, 1.54) is 5.56 Å². The summed E-state index contributed by atoms with van der Waals surface area (Å²) < 4.78 is 4.99. The molecule has 0 saturated carbocycles. The molecule has 2 aromatic rings. The SMILES string of the molecule is CCc1ccc(-c2nc(CO)no2)cc1. The highest BCUT2D eigenvalue weighted by Gasteiger charge is 2.07. The van der Waals surface area contributed by atoms with E-state index in [4.69, 9.17) is 9.63 Å². The number of nitrogens with zero attached hydrogens (tertiary/aromatic N) is 2. The summed E-state index contributed by atoms with van der Waals surface area (Å²) in [6.45, 7) is 1.90. The van der Waals surface area contributed by atoms with Gasteiger partial charge < -0.3 is 9.63 Å². The van der Waals surface area contributed by atoms with Crippen molar-refractivity contribution in [1.82, 2.24) is 10.1 Å². The molecule has 0 fully saturated rings. The van der Waals surface area contributed by atoms with Gasteiger partial charge >= 0.3 is 0 Å². The quantitative estimate of drug-likeness (QED) is 0.828. The number of hydrogen-bond acceptors (Lipinski definition) is 4. The van der Waals surface area contributed by atoms with Gasteiger partial charge in [-0.1, -0.05) is 24.2 Å². The molecule has 0 unspecified atom stereocenters. The van der Waals surface area contributed by atoms with E-state index in [0.29, 0.717) is 11.7 Å². The summed E-state index contributed by atoms with van der Waals surface area (Å²) >= 11 is 0. The summed E-state index contributed by atoms with van der Waals surface area (Å²) in [6.07, 6.45) is 1.01. The minimum atomic E-state index is -0.198. The first-order valence-corrected chi connectivity index (χ1v) is 4.86. The molecular weight excluding hydrogens is 192 g/mol. The van der Waals surface area contributed by atoms with Crippen molar-refractivity contribution in [3.05, 3.63) is 35.7 Å². The second-order valence-corrected chi connectivity index (χ2v) is 3.22. The van der Waals surface area contributed by atoms with Gasteiger partial charge in [0, 0.05) is 5.56 Å². The Hall–Kier alpha value is -1.68. The number of aryl methyl sites for hydroxylation is 1. The standard InChI is InChI=1S/C11H12N2O2/c1-2-8-3-5-9(6-4-8)11-12-10(7-14)13-15-11/h3-6,14H,2,7H2,1H3. The highest BCUT2D eigenvalue weighted by Crippen LogP contribution is 2.17. The molecule has 0 atom stereocenters. The lowest BCUT2D eigenvalue weighted by molar-refractivity contribution is 0.264. The van der Waals surface area contributed by atoms with E-state index in [1.54, 1.807) is 0 Å². The van der Waals surface area contributed by atoms with Crippen molar-refractivity contribution in [3.8, 4) is 11.5 Å². The fourth-order valence-electron chi connectivity index (χ4n) is 1.32. The highest BCUT2D eigenvalue weighted by atomic mass is 16.5. The van der Waals surface area contributed by atoms with Crippen molar-refractivity contribution in [2.75, 3.05) is 0 Å². The average Bonchev–Trinajstić information content (AvgIpc) is 2.78. The molecule has 0 aliphatic heterocycles. The summed E-state index contributed by atoms with van der Waals surface area (Å²) in [5.74, 6) is 0.756. The maximum absolute atomic E-state index is 8.80. The number of aliphatic hydroxyl groups is 1. The normalized spacial score (nSPS) is 10.5. The van der Waals surface area contributed by atoms with E-state index in [1.807, 2.05) is 24.3 Å². The van der Waals surface area contributed by atoms with Gasteiger partial charge in [0.1, 0.15) is 6.61 Å². The van der Waals surface area contributed by atoms with Gasteiger partial charge in [0.25, 0.3) is 5.89 Å². The van der Waals surface area contributed by atoms with Gasteiger partial charge in [-0.05, 0) is 24.1 Å². The van der Waals surface area contributed by atoms with E-state index >= 15 is 0 Å². The maximum Gasteiger partial charge on any atom is 0.258 e. The van der Waals surface area contributed by atoms with Crippen LogP contribution in [0, 0.1) is 0 Å². The smallest absolute Gasteiger partial charge is 0.258 e. The van der Waals surface area contributed by atoms with E-state index in [-0.39, 0.29) is 6.61 Å². The monoisotopic (exact) mass is 204 g/mol. The Bertz CT molecular complexity index is 434. The lowest BCUT2D eigenvalue weighted by Gasteiger charge is -1.96. The zero-order valence-corrected chi connectivity index (χ0v) is 8.47. The maximum atomic E-state index is 8.80. The first-order chi connectivity index (χ1) is 7.33. The second kappa shape index (κ2) is 4.23. The van der Waals surface area contributed by atoms with Crippen LogP contribution in [0.1, 0.15) is 18.3 Å². The Morgan fingerprint density at radius 2 is 2.00 bits per heavy atom. The number of benzene rings is 1. The molecule has 1 aromatic heterocycles. The van der Waals surface area contributed by atoms with Gasteiger partial charge in [0.05, 0.1) is 0 Å². The summed E-state index contributed by atoms with van der Waals surface area (Å²) in [6, 6.07) is 7.93. The number of aromatic nitrogens is 2. The van der Waals surface area contributed by atoms with Crippen LogP contribution in [-0.2, 0) is 13.0 Å². The van der Waals surface area contributed by atoms with E-state index in [2.05, 4.69) is 17.1 Å². The topological polar surface area (TPSA) is 59.2 Å². The highest BCUT2D eigenvalue weighted by molar-refractivity contribution is 5.53. The summed E-state index contributed by atoms with van der Waals surface area (Å²) in [7, 11) is 0. The van der Waals surface area contributed by atoms with Crippen LogP contribution in [0.3, 0.4) is 0 Å². The van der Waals surface area contributed by atoms with Crippen molar-refractivity contribution < 1.29 is 9.63 Å². The zero-order valence-electron chi connectivity index (χ0n) is 8.47. The van der Waals surface area contributed by atoms with Gasteiger partial charge in [0.2, 0.25) is 0 Å². The molecule has 0 aliphatic rings. The van der Waals surface area contributed by atoms with Crippen molar-refractivity contribution in [2.24, 2.45) is 0 Å². The van der Waals surface area contributed by atoms with Crippen molar-refractivity contribution >= 4 is 0 Å². The van der Waals surface area contributed by atoms with E-state index in [0.717, 1.165) is 12.0 Å². The van der Waals surface area contributed by atoms with E-state index < -0.39 is 0 Å². The second-order valence-electron chi connectivity index (χ2n) is 3.22. The van der Waals surface area contributed by atoms with Crippen LogP contribution >= 0.6 is 0 Å². The molecular formula is C11H12N2O2. The molecule has 4 nitrogen and oxygen atoms in total. The minimum Gasteiger partial charge on any atom is -0.388 e. The molecule has 78 valence electrons. The molecule has 0 saturated heterocycles. The van der Waals surface area contributed by atoms with E-state index in [9.17, 15) is 0 Å². The summed E-state index contributed by atoms with van der Waals surface area (Å²) in [5.41, 5.74) is 2.14. The first-order valence-electron chi connectivity index (χ1n) is 4.86. The third-order valence-electron chi connectivity index (χ3n) is 2.22. The molecule has 15 heavy (non-hydrogen) atoms. The molecule has 0 bridgehead atoms. The third-order valence-corrected chi connectivity index (χ3v) is 2.22. The van der Waals surface area contributed by atoms with Crippen LogP contribution in [-0.4, -0.2) is 15.2 Å². The lowest BCUT2D eigenvalue weighted by atomic mass is 10.1. The molecule has 0 spiro atoms. The van der Waals surface area contributed by atoms with Gasteiger partial charge in [-0.15, -0.1) is 0 Å². The fourth-order valence-corrected chi connectivity index (χ4v) is 1.32. The third kappa shape index (κ3) is 2.05. The average molecular weight is 204 g/mol. The van der Waals surface area contributed by atoms with Crippen LogP contribution in [0.2, 0.25) is 0 Å². The van der Waals surface area contributed by atoms with Gasteiger partial charge in [0.15, 0.2) is 5.82 Å². The molecule has 1 aromatic carbocycles. The first kappa shape index (κ1) is 9.86. The number of aliphatic hydroxyl groups excluding tert-OH is 1. The molecule has 0 amide bonds. The van der Waals surface area contributed by atoms with Crippen molar-refractivity contribution in [1.29, 1.82) is 0 Å². The van der Waals surface area contributed by atoms with Crippen molar-refractivity contribution in [2.45, 2.75) is 20.0 Å². The minimum absolute atomic E-state index is 0.198. The van der Waals surface area contributed by atoms with Crippen LogP contribution in [0.4, 0.5) is 0 Å². The van der Waals surface area contributed by atoms with Crippen LogP contribution in [0.25, 0.3) is 11.5 Å². The summed E-state index contributed by atoms with van der Waals surface area (Å²) in [4.78, 5) is 4.03. The molecule has 1 heterocycles. The predicted octanol–water partition coefficient (Wildman–Crippen LogP) is 1.79. The van der Waals surface area contributed by atoms with Crippen LogP contribution < -0.4 is 0 Å². The Balaban J connectivity index is 2.28. The summed E-state index contributed by atoms with van der Waals surface area (Å²) in [5, 5.41) is 12.4. The van der Waals surface area contributed by atoms with Gasteiger partial charge in [-0.25, -0.2) is 0 Å². The van der Waals surface area contributed by atoms with Crippen LogP contribution in [0.5, 0.6) is 0 Å². The Morgan fingerprint density at radius 3 is 2.53 bits per heavy atom. The van der Waals surface area contributed by atoms with Gasteiger partial charge in [-0.2, -0.15) is 4.98 Å². The lowest BCUT2D eigenvalue weighted by Crippen LogP contribution is -1.85. The molecule has 0 radical (unpaired) electrons. The molecule has 0 aliphatic carbocycles. The molecule has 1 N–H and O–H groups in total. The fraction of sp³-hybridized carbons (Fsp3) is 0.273. The molecule has 4 heteroatoms. The number of rotatable bonds is 3. The van der Waals surface area contributed by atoms with Crippen molar-refractivity contribution in [3.63, 3.8) is 0 Å². The number of hydrogen-bond donors (Lipinski definition) is 1. The Kier molecular flexibility index (Phi) is 2.78. The predicted molar refractivity (Wildman–Crippen MR) is 55.0 cm³/mol. The Labute approximate surface area is 87.6 Å². The zero-order chi connectivity index (χ0) is 10.7.